The molecule has 5 nitrogen and oxygen atoms in total. The third kappa shape index (κ3) is 3.22. The largest absolute Gasteiger partial charge is 0.444 e. The molecule has 0 N–H and O–H groups in total. The van der Waals surface area contributed by atoms with Gasteiger partial charge in [-0.1, -0.05) is 24.6 Å². The van der Waals surface area contributed by atoms with Crippen LogP contribution in [0.2, 0.25) is 0 Å². The summed E-state index contributed by atoms with van der Waals surface area (Å²) in [5, 5.41) is 0. The maximum absolute atomic E-state index is 12.6. The van der Waals surface area contributed by atoms with E-state index in [1.165, 1.54) is 25.8 Å². The van der Waals surface area contributed by atoms with Gasteiger partial charge < -0.3 is 9.32 Å². The fraction of sp³-hybridized carbons (Fsp3) is 0.474. The molecule has 3 heterocycles. The normalized spacial score (nSPS) is 21.5. The van der Waals surface area contributed by atoms with Crippen LogP contribution in [0.4, 0.5) is 0 Å². The fourth-order valence-electron chi connectivity index (χ4n) is 3.75. The highest BCUT2D eigenvalue weighted by Gasteiger charge is 2.31. The molecule has 0 aliphatic carbocycles. The minimum atomic E-state index is 0.160. The molecule has 4 rings (SSSR count). The number of piperazine rings is 1. The van der Waals surface area contributed by atoms with E-state index in [1.54, 1.807) is 6.26 Å². The lowest BCUT2D eigenvalue weighted by Gasteiger charge is -2.44. The van der Waals surface area contributed by atoms with Crippen LogP contribution in [-0.4, -0.2) is 52.9 Å². The van der Waals surface area contributed by atoms with Crippen LogP contribution in [0.1, 0.15) is 25.0 Å². The van der Waals surface area contributed by atoms with E-state index in [2.05, 4.69) is 9.88 Å². The number of hydrogen-bond acceptors (Lipinski definition) is 4. The lowest BCUT2D eigenvalue weighted by Crippen LogP contribution is -2.56. The third-order valence-corrected chi connectivity index (χ3v) is 5.09. The summed E-state index contributed by atoms with van der Waals surface area (Å²) >= 11 is 0. The molecule has 0 radical (unpaired) electrons. The van der Waals surface area contributed by atoms with Crippen LogP contribution < -0.4 is 0 Å². The van der Waals surface area contributed by atoms with Crippen LogP contribution in [0.3, 0.4) is 0 Å². The zero-order valence-electron chi connectivity index (χ0n) is 13.9. The molecule has 0 spiro atoms. The van der Waals surface area contributed by atoms with Crippen LogP contribution in [-0.2, 0) is 11.2 Å². The molecule has 24 heavy (non-hydrogen) atoms. The number of amides is 1. The minimum Gasteiger partial charge on any atom is -0.444 e. The molecule has 0 unspecified atom stereocenters. The summed E-state index contributed by atoms with van der Waals surface area (Å²) in [6.45, 7) is 3.89. The monoisotopic (exact) mass is 325 g/mol. The highest BCUT2D eigenvalue weighted by atomic mass is 16.3. The molecule has 126 valence electrons. The van der Waals surface area contributed by atoms with Gasteiger partial charge in [-0.3, -0.25) is 9.69 Å². The van der Waals surface area contributed by atoms with E-state index in [4.69, 9.17) is 4.42 Å². The number of oxazole rings is 1. The van der Waals surface area contributed by atoms with Gasteiger partial charge in [0.2, 0.25) is 11.8 Å². The summed E-state index contributed by atoms with van der Waals surface area (Å²) in [7, 11) is 0. The molecule has 1 amide bonds. The number of hydrogen-bond donors (Lipinski definition) is 0. The van der Waals surface area contributed by atoms with Crippen molar-refractivity contribution in [2.45, 2.75) is 31.7 Å². The van der Waals surface area contributed by atoms with Gasteiger partial charge in [-0.05, 0) is 31.5 Å². The number of carbonyl (C=O) groups excluding carboxylic acids is 1. The predicted octanol–water partition coefficient (Wildman–Crippen LogP) is 2.58. The van der Waals surface area contributed by atoms with Crippen molar-refractivity contribution < 1.29 is 9.21 Å². The van der Waals surface area contributed by atoms with Crippen molar-refractivity contribution in [2.75, 3.05) is 26.2 Å². The van der Waals surface area contributed by atoms with Crippen molar-refractivity contribution in [3.8, 4) is 11.5 Å². The Morgan fingerprint density at radius 3 is 2.92 bits per heavy atom. The number of aromatic nitrogens is 1. The van der Waals surface area contributed by atoms with E-state index in [0.29, 0.717) is 24.0 Å². The molecule has 2 fully saturated rings. The summed E-state index contributed by atoms with van der Waals surface area (Å²) in [5.41, 5.74) is 1.65. The average Bonchev–Trinajstić information content (AvgIpc) is 3.10. The van der Waals surface area contributed by atoms with Gasteiger partial charge in [-0.15, -0.1) is 0 Å². The molecule has 0 bridgehead atoms. The Balaban J connectivity index is 1.39. The van der Waals surface area contributed by atoms with Gasteiger partial charge in [0.05, 0.1) is 12.1 Å². The number of nitrogens with zero attached hydrogens (tertiary/aromatic N) is 3. The quantitative estimate of drug-likeness (QED) is 0.870. The maximum atomic E-state index is 12.6. The van der Waals surface area contributed by atoms with Gasteiger partial charge in [-0.2, -0.15) is 0 Å². The molecule has 2 aliphatic rings. The highest BCUT2D eigenvalue weighted by molar-refractivity contribution is 5.78. The second-order valence-electron chi connectivity index (χ2n) is 6.71. The first kappa shape index (κ1) is 15.4. The highest BCUT2D eigenvalue weighted by Crippen LogP contribution is 2.22. The Kier molecular flexibility index (Phi) is 4.34. The minimum absolute atomic E-state index is 0.160. The van der Waals surface area contributed by atoms with E-state index < -0.39 is 0 Å². The summed E-state index contributed by atoms with van der Waals surface area (Å²) in [6, 6.07) is 10.3. The van der Waals surface area contributed by atoms with Crippen molar-refractivity contribution in [1.82, 2.24) is 14.8 Å². The molecule has 2 aliphatic heterocycles. The molecule has 1 aromatic carbocycles. The molecule has 1 aromatic heterocycles. The van der Waals surface area contributed by atoms with E-state index in [1.807, 2.05) is 35.2 Å². The number of carbonyl (C=O) groups is 1. The van der Waals surface area contributed by atoms with Crippen molar-refractivity contribution in [3.63, 3.8) is 0 Å². The molecule has 2 saturated heterocycles. The van der Waals surface area contributed by atoms with Crippen LogP contribution in [0.25, 0.3) is 11.5 Å². The van der Waals surface area contributed by atoms with Gasteiger partial charge in [0.1, 0.15) is 6.26 Å². The molecular formula is C19H23N3O2. The average molecular weight is 325 g/mol. The summed E-state index contributed by atoms with van der Waals surface area (Å²) in [6.07, 6.45) is 5.73. The second-order valence-corrected chi connectivity index (χ2v) is 6.71. The predicted molar refractivity (Wildman–Crippen MR) is 91.4 cm³/mol. The number of piperidine rings is 1. The summed E-state index contributed by atoms with van der Waals surface area (Å²) < 4.78 is 5.53. The van der Waals surface area contributed by atoms with Crippen LogP contribution in [0, 0.1) is 0 Å². The SMILES string of the molecule is O=C(Cc1coc(-c2ccccc2)n1)N1CCN2CCCC[C@@H]2C1. The van der Waals surface area contributed by atoms with Crippen molar-refractivity contribution in [3.05, 3.63) is 42.3 Å². The standard InChI is InChI=1S/C19H23N3O2/c23-18(22-11-10-21-9-5-4-8-17(21)13-22)12-16-14-24-19(20-16)15-6-2-1-3-7-15/h1-3,6-7,14,17H,4-5,8-13H2/t17-/m1/s1. The van der Waals surface area contributed by atoms with Crippen LogP contribution in [0.5, 0.6) is 0 Å². The fourth-order valence-corrected chi connectivity index (χ4v) is 3.75. The Morgan fingerprint density at radius 2 is 2.04 bits per heavy atom. The first-order valence-corrected chi connectivity index (χ1v) is 8.81. The maximum Gasteiger partial charge on any atom is 0.228 e. The zero-order chi connectivity index (χ0) is 16.4. The van der Waals surface area contributed by atoms with E-state index in [0.717, 1.165) is 25.2 Å². The topological polar surface area (TPSA) is 49.6 Å². The Labute approximate surface area is 142 Å². The smallest absolute Gasteiger partial charge is 0.228 e. The van der Waals surface area contributed by atoms with E-state index >= 15 is 0 Å². The third-order valence-electron chi connectivity index (χ3n) is 5.09. The number of rotatable bonds is 3. The molecule has 5 heteroatoms. The summed E-state index contributed by atoms with van der Waals surface area (Å²) in [4.78, 5) is 21.6. The van der Waals surface area contributed by atoms with Crippen LogP contribution in [0.15, 0.2) is 41.0 Å². The molecule has 1 atom stereocenters. The van der Waals surface area contributed by atoms with Gasteiger partial charge >= 0.3 is 0 Å². The number of benzene rings is 1. The first-order chi connectivity index (χ1) is 11.8. The second kappa shape index (κ2) is 6.77. The van der Waals surface area contributed by atoms with Gasteiger partial charge in [0, 0.05) is 31.2 Å². The molecule has 0 saturated carbocycles. The lowest BCUT2D eigenvalue weighted by atomic mass is 9.99. The van der Waals surface area contributed by atoms with Gasteiger partial charge in [-0.25, -0.2) is 4.98 Å². The van der Waals surface area contributed by atoms with Crippen molar-refractivity contribution >= 4 is 5.91 Å². The first-order valence-electron chi connectivity index (χ1n) is 8.81. The van der Waals surface area contributed by atoms with Crippen molar-refractivity contribution in [1.29, 1.82) is 0 Å². The van der Waals surface area contributed by atoms with E-state index in [9.17, 15) is 4.79 Å². The molecule has 2 aromatic rings. The van der Waals surface area contributed by atoms with Crippen molar-refractivity contribution in [2.24, 2.45) is 0 Å². The van der Waals surface area contributed by atoms with Gasteiger partial charge in [0.25, 0.3) is 0 Å². The summed E-state index contributed by atoms with van der Waals surface area (Å²) in [5.74, 6) is 0.739. The molecular weight excluding hydrogens is 302 g/mol. The Bertz CT molecular complexity index is 698. The Hall–Kier alpha value is -2.14. The van der Waals surface area contributed by atoms with E-state index in [-0.39, 0.29) is 5.91 Å². The zero-order valence-corrected chi connectivity index (χ0v) is 13.9. The lowest BCUT2D eigenvalue weighted by molar-refractivity contribution is -0.134. The Morgan fingerprint density at radius 1 is 1.17 bits per heavy atom. The number of fused-ring (bicyclic) bond motifs is 1. The van der Waals surface area contributed by atoms with Crippen LogP contribution >= 0.6 is 0 Å². The van der Waals surface area contributed by atoms with Gasteiger partial charge in [0.15, 0.2) is 0 Å².